The van der Waals surface area contributed by atoms with Crippen molar-refractivity contribution >= 4 is 17.1 Å². The lowest BCUT2D eigenvalue weighted by Crippen LogP contribution is -1.89. The number of benzene rings is 1. The molecule has 88 valence electrons. The molecule has 0 N–H and O–H groups in total. The van der Waals surface area contributed by atoms with Crippen molar-refractivity contribution in [3.63, 3.8) is 0 Å². The maximum absolute atomic E-state index is 13.7. The van der Waals surface area contributed by atoms with Gasteiger partial charge in [0.2, 0.25) is 0 Å². The summed E-state index contributed by atoms with van der Waals surface area (Å²) in [5.74, 6) is -0.334. The summed E-state index contributed by atoms with van der Waals surface area (Å²) in [7, 11) is 0. The fourth-order valence-electron chi connectivity index (χ4n) is 1.64. The predicted octanol–water partition coefficient (Wildman–Crippen LogP) is 3.77. The van der Waals surface area contributed by atoms with Crippen molar-refractivity contribution < 1.29 is 9.18 Å². The van der Waals surface area contributed by atoms with E-state index in [0.717, 1.165) is 5.56 Å². The van der Waals surface area contributed by atoms with E-state index in [4.69, 9.17) is 0 Å². The molecule has 0 saturated carbocycles. The van der Waals surface area contributed by atoms with Gasteiger partial charge in [0.15, 0.2) is 5.78 Å². The minimum absolute atomic E-state index is 0.0284. The van der Waals surface area contributed by atoms with Crippen molar-refractivity contribution in [2.45, 2.75) is 20.8 Å². The Morgan fingerprint density at radius 3 is 2.65 bits per heavy atom. The molecule has 17 heavy (non-hydrogen) atoms. The average molecular weight is 249 g/mol. The van der Waals surface area contributed by atoms with E-state index < -0.39 is 0 Å². The molecule has 4 heteroatoms. The number of aromatic nitrogens is 1. The SMILES string of the molecule is CC(=O)c1sc(-c2cc(C)ccc2F)nc1C. The topological polar surface area (TPSA) is 30.0 Å². The van der Waals surface area contributed by atoms with Crippen molar-refractivity contribution in [3.8, 4) is 10.6 Å². The van der Waals surface area contributed by atoms with E-state index in [1.54, 1.807) is 19.1 Å². The van der Waals surface area contributed by atoms with Crippen LogP contribution in [0.15, 0.2) is 18.2 Å². The van der Waals surface area contributed by atoms with Gasteiger partial charge in [-0.25, -0.2) is 9.37 Å². The summed E-state index contributed by atoms with van der Waals surface area (Å²) in [5.41, 5.74) is 2.10. The van der Waals surface area contributed by atoms with Crippen LogP contribution >= 0.6 is 11.3 Å². The Balaban J connectivity index is 2.57. The molecule has 0 aliphatic carbocycles. The van der Waals surface area contributed by atoms with Crippen molar-refractivity contribution in [2.24, 2.45) is 0 Å². The number of carbonyl (C=O) groups excluding carboxylic acids is 1. The van der Waals surface area contributed by atoms with Gasteiger partial charge < -0.3 is 0 Å². The third-order valence-corrected chi connectivity index (χ3v) is 3.76. The normalized spacial score (nSPS) is 10.6. The van der Waals surface area contributed by atoms with E-state index in [0.29, 0.717) is 21.1 Å². The number of Topliss-reactive ketones (excluding diaryl/α,β-unsaturated/α-hetero) is 1. The predicted molar refractivity (Wildman–Crippen MR) is 67.0 cm³/mol. The van der Waals surface area contributed by atoms with Crippen molar-refractivity contribution in [2.75, 3.05) is 0 Å². The Labute approximate surface area is 103 Å². The Kier molecular flexibility index (Phi) is 3.07. The van der Waals surface area contributed by atoms with Crippen LogP contribution < -0.4 is 0 Å². The van der Waals surface area contributed by atoms with Crippen LogP contribution in [0.25, 0.3) is 10.6 Å². The standard InChI is InChI=1S/C13H12FNOS/c1-7-4-5-11(14)10(6-7)13-15-8(2)12(17-13)9(3)16/h4-6H,1-3H3. The molecule has 0 atom stereocenters. The summed E-state index contributed by atoms with van der Waals surface area (Å²) in [6.45, 7) is 5.16. The first-order valence-corrected chi connectivity index (χ1v) is 6.05. The minimum atomic E-state index is -0.306. The van der Waals surface area contributed by atoms with Gasteiger partial charge in [0.1, 0.15) is 10.8 Å². The number of aryl methyl sites for hydroxylation is 2. The van der Waals surface area contributed by atoms with Crippen LogP contribution in [-0.2, 0) is 0 Å². The molecule has 0 aliphatic heterocycles. The lowest BCUT2D eigenvalue weighted by molar-refractivity contribution is 0.102. The van der Waals surface area contributed by atoms with E-state index in [9.17, 15) is 9.18 Å². The Bertz CT molecular complexity index is 589. The molecule has 2 aromatic rings. The summed E-state index contributed by atoms with van der Waals surface area (Å²) >= 11 is 1.24. The van der Waals surface area contributed by atoms with Gasteiger partial charge in [0, 0.05) is 12.5 Å². The van der Waals surface area contributed by atoms with Gasteiger partial charge in [0.05, 0.1) is 10.6 Å². The Hall–Kier alpha value is -1.55. The maximum atomic E-state index is 13.7. The highest BCUT2D eigenvalue weighted by Crippen LogP contribution is 2.30. The van der Waals surface area contributed by atoms with Crippen LogP contribution in [-0.4, -0.2) is 10.8 Å². The highest BCUT2D eigenvalue weighted by atomic mass is 32.1. The van der Waals surface area contributed by atoms with E-state index in [-0.39, 0.29) is 11.6 Å². The van der Waals surface area contributed by atoms with E-state index in [1.165, 1.54) is 24.3 Å². The van der Waals surface area contributed by atoms with E-state index >= 15 is 0 Å². The highest BCUT2D eigenvalue weighted by molar-refractivity contribution is 7.17. The molecule has 0 bridgehead atoms. The molecule has 0 aliphatic rings. The number of carbonyl (C=O) groups is 1. The van der Waals surface area contributed by atoms with Crippen molar-refractivity contribution in [1.82, 2.24) is 4.98 Å². The zero-order valence-electron chi connectivity index (χ0n) is 9.87. The number of halogens is 1. The summed E-state index contributed by atoms with van der Waals surface area (Å²) in [6.07, 6.45) is 0. The number of ketones is 1. The first-order chi connectivity index (χ1) is 7.99. The van der Waals surface area contributed by atoms with Gasteiger partial charge in [-0.1, -0.05) is 11.6 Å². The fraction of sp³-hybridized carbons (Fsp3) is 0.231. The van der Waals surface area contributed by atoms with Crippen LogP contribution in [0.4, 0.5) is 4.39 Å². The van der Waals surface area contributed by atoms with Crippen LogP contribution in [0.3, 0.4) is 0 Å². The summed E-state index contributed by atoms with van der Waals surface area (Å²) in [6, 6.07) is 4.89. The van der Waals surface area contributed by atoms with Gasteiger partial charge >= 0.3 is 0 Å². The molecule has 1 aromatic carbocycles. The zero-order chi connectivity index (χ0) is 12.6. The van der Waals surface area contributed by atoms with Crippen LogP contribution in [0.1, 0.15) is 27.9 Å². The molecular formula is C13H12FNOS. The number of hydrogen-bond acceptors (Lipinski definition) is 3. The first kappa shape index (κ1) is 11.9. The second-order valence-corrected chi connectivity index (χ2v) is 4.97. The van der Waals surface area contributed by atoms with Crippen LogP contribution in [0.5, 0.6) is 0 Å². The molecule has 0 spiro atoms. The van der Waals surface area contributed by atoms with Gasteiger partial charge in [-0.3, -0.25) is 4.79 Å². The lowest BCUT2D eigenvalue weighted by atomic mass is 10.1. The van der Waals surface area contributed by atoms with Crippen LogP contribution in [0, 0.1) is 19.7 Å². The monoisotopic (exact) mass is 249 g/mol. The van der Waals surface area contributed by atoms with Gasteiger partial charge in [-0.2, -0.15) is 0 Å². The molecule has 0 radical (unpaired) electrons. The second kappa shape index (κ2) is 4.37. The molecular weight excluding hydrogens is 237 g/mol. The molecule has 1 aromatic heterocycles. The largest absolute Gasteiger partial charge is 0.294 e. The molecule has 0 amide bonds. The number of nitrogens with zero attached hydrogens (tertiary/aromatic N) is 1. The summed E-state index contributed by atoms with van der Waals surface area (Å²) in [4.78, 5) is 16.2. The second-order valence-electron chi connectivity index (χ2n) is 3.97. The minimum Gasteiger partial charge on any atom is -0.294 e. The summed E-state index contributed by atoms with van der Waals surface area (Å²) < 4.78 is 13.7. The average Bonchev–Trinajstić information content (AvgIpc) is 2.64. The van der Waals surface area contributed by atoms with Gasteiger partial charge in [0.25, 0.3) is 0 Å². The lowest BCUT2D eigenvalue weighted by Gasteiger charge is -2.00. The van der Waals surface area contributed by atoms with Crippen LogP contribution in [0.2, 0.25) is 0 Å². The molecule has 0 unspecified atom stereocenters. The summed E-state index contributed by atoms with van der Waals surface area (Å²) in [5, 5.41) is 0.564. The van der Waals surface area contributed by atoms with E-state index in [2.05, 4.69) is 4.98 Å². The number of rotatable bonds is 2. The molecule has 2 rings (SSSR count). The maximum Gasteiger partial charge on any atom is 0.171 e. The Morgan fingerprint density at radius 1 is 1.35 bits per heavy atom. The number of hydrogen-bond donors (Lipinski definition) is 0. The van der Waals surface area contributed by atoms with Crippen molar-refractivity contribution in [3.05, 3.63) is 40.2 Å². The molecule has 1 heterocycles. The zero-order valence-corrected chi connectivity index (χ0v) is 10.7. The molecule has 2 nitrogen and oxygen atoms in total. The van der Waals surface area contributed by atoms with Gasteiger partial charge in [-0.05, 0) is 26.0 Å². The third kappa shape index (κ3) is 2.26. The van der Waals surface area contributed by atoms with E-state index in [1.807, 2.05) is 6.92 Å². The van der Waals surface area contributed by atoms with Crippen molar-refractivity contribution in [1.29, 1.82) is 0 Å². The molecule has 0 fully saturated rings. The fourth-order valence-corrected chi connectivity index (χ4v) is 2.62. The Morgan fingerprint density at radius 2 is 2.06 bits per heavy atom. The quantitative estimate of drug-likeness (QED) is 0.758. The first-order valence-electron chi connectivity index (χ1n) is 5.24. The molecule has 0 saturated heterocycles. The highest BCUT2D eigenvalue weighted by Gasteiger charge is 2.15. The number of thiazole rings is 1. The smallest absolute Gasteiger partial charge is 0.171 e. The third-order valence-electron chi connectivity index (χ3n) is 2.47. The van der Waals surface area contributed by atoms with Gasteiger partial charge in [-0.15, -0.1) is 11.3 Å².